The number of carbonyl (C=O) groups excluding carboxylic acids is 1. The highest BCUT2D eigenvalue weighted by Gasteiger charge is 2.30. The van der Waals surface area contributed by atoms with Gasteiger partial charge in [-0.3, -0.25) is 0 Å². The largest absolute Gasteiger partial charge is 0.493 e. The second kappa shape index (κ2) is 10.7. The topological polar surface area (TPSA) is 75.5 Å². The number of methoxy groups -OCH3 is 3. The summed E-state index contributed by atoms with van der Waals surface area (Å²) in [6.45, 7) is 0. The Balaban J connectivity index is 1.68. The maximum Gasteiger partial charge on any atom is 0.416 e. The van der Waals surface area contributed by atoms with Crippen molar-refractivity contribution in [2.45, 2.75) is 19.0 Å². The molecule has 0 fully saturated rings. The fourth-order valence-electron chi connectivity index (χ4n) is 3.81. The first-order valence-electron chi connectivity index (χ1n) is 11.2. The van der Waals surface area contributed by atoms with Crippen LogP contribution in [0.5, 0.6) is 11.5 Å². The first-order valence-corrected chi connectivity index (χ1v) is 11.2. The van der Waals surface area contributed by atoms with E-state index in [9.17, 15) is 18.0 Å². The molecule has 10 heteroatoms. The number of aromatic nitrogens is 3. The van der Waals surface area contributed by atoms with Gasteiger partial charge >= 0.3 is 12.1 Å². The number of esters is 1. The second-order valence-corrected chi connectivity index (χ2v) is 8.13. The highest BCUT2D eigenvalue weighted by Crippen LogP contribution is 2.30. The molecule has 0 N–H and O–H groups in total. The van der Waals surface area contributed by atoms with Gasteiger partial charge in [0.05, 0.1) is 38.1 Å². The number of benzene rings is 3. The summed E-state index contributed by atoms with van der Waals surface area (Å²) in [5.41, 5.74) is 1.81. The predicted molar refractivity (Wildman–Crippen MR) is 129 cm³/mol. The zero-order chi connectivity index (χ0) is 26.6. The lowest BCUT2D eigenvalue weighted by molar-refractivity contribution is -0.137. The van der Waals surface area contributed by atoms with Crippen LogP contribution in [0.1, 0.15) is 38.7 Å². The molecule has 37 heavy (non-hydrogen) atoms. The summed E-state index contributed by atoms with van der Waals surface area (Å²) in [6, 6.07) is 17.1. The van der Waals surface area contributed by atoms with E-state index in [-0.39, 0.29) is 0 Å². The minimum absolute atomic E-state index is 0.335. The van der Waals surface area contributed by atoms with Crippen LogP contribution in [-0.2, 0) is 23.8 Å². The van der Waals surface area contributed by atoms with Gasteiger partial charge in [-0.2, -0.15) is 18.3 Å². The molecule has 192 valence electrons. The number of hydrogen-bond donors (Lipinski definition) is 0. The molecule has 0 amide bonds. The van der Waals surface area contributed by atoms with E-state index < -0.39 is 17.7 Å². The van der Waals surface area contributed by atoms with Gasteiger partial charge in [0.2, 0.25) is 0 Å². The van der Waals surface area contributed by atoms with Crippen molar-refractivity contribution in [2.24, 2.45) is 0 Å². The van der Waals surface area contributed by atoms with Crippen LogP contribution in [0.25, 0.3) is 5.69 Å². The average Bonchev–Trinajstić information content (AvgIpc) is 3.29. The summed E-state index contributed by atoms with van der Waals surface area (Å²) in [5, 5.41) is 4.60. The van der Waals surface area contributed by atoms with Crippen LogP contribution >= 0.6 is 0 Å². The van der Waals surface area contributed by atoms with Gasteiger partial charge in [0.25, 0.3) is 0 Å². The maximum absolute atomic E-state index is 13.1. The number of nitrogens with zero attached hydrogens (tertiary/aromatic N) is 3. The molecule has 4 aromatic rings. The molecule has 3 aromatic carbocycles. The van der Waals surface area contributed by atoms with Gasteiger partial charge in [0.1, 0.15) is 5.82 Å². The monoisotopic (exact) mass is 511 g/mol. The van der Waals surface area contributed by atoms with Crippen LogP contribution < -0.4 is 9.47 Å². The number of carbonyl (C=O) groups is 1. The number of halogens is 3. The standard InChI is InChI=1S/C27H24F3N3O4/c1-35-22-13-6-18(14-23(22)36-2)15-24-31-25(16-17-4-7-19(8-5-17)26(34)37-3)33(32-24)21-11-9-20(10-12-21)27(28,29)30/h4-14H,15-16H2,1-3H3. The Morgan fingerprint density at radius 2 is 1.49 bits per heavy atom. The van der Waals surface area contributed by atoms with Crippen molar-refractivity contribution in [2.75, 3.05) is 21.3 Å². The van der Waals surface area contributed by atoms with Crippen LogP contribution in [-0.4, -0.2) is 42.1 Å². The van der Waals surface area contributed by atoms with Gasteiger partial charge in [-0.15, -0.1) is 0 Å². The van der Waals surface area contributed by atoms with Crippen LogP contribution in [0.3, 0.4) is 0 Å². The van der Waals surface area contributed by atoms with E-state index in [4.69, 9.17) is 14.2 Å². The Hall–Kier alpha value is -4.34. The zero-order valence-electron chi connectivity index (χ0n) is 20.4. The van der Waals surface area contributed by atoms with E-state index in [1.165, 1.54) is 23.9 Å². The summed E-state index contributed by atoms with van der Waals surface area (Å²) in [4.78, 5) is 16.4. The van der Waals surface area contributed by atoms with Crippen molar-refractivity contribution in [3.05, 3.63) is 101 Å². The number of alkyl halides is 3. The van der Waals surface area contributed by atoms with Gasteiger partial charge in [0, 0.05) is 12.8 Å². The van der Waals surface area contributed by atoms with Crippen molar-refractivity contribution >= 4 is 5.97 Å². The molecule has 0 saturated heterocycles. The Bertz CT molecular complexity index is 1380. The number of rotatable bonds is 8. The minimum atomic E-state index is -4.44. The van der Waals surface area contributed by atoms with E-state index >= 15 is 0 Å². The average molecular weight is 512 g/mol. The molecule has 0 bridgehead atoms. The molecule has 7 nitrogen and oxygen atoms in total. The Kier molecular flexibility index (Phi) is 7.47. The molecule has 0 radical (unpaired) electrons. The van der Waals surface area contributed by atoms with Gasteiger partial charge in [-0.1, -0.05) is 18.2 Å². The number of hydrogen-bond acceptors (Lipinski definition) is 6. The van der Waals surface area contributed by atoms with E-state index in [0.717, 1.165) is 23.3 Å². The molecule has 1 heterocycles. The predicted octanol–water partition coefficient (Wildman–Crippen LogP) is 5.27. The molecule has 0 unspecified atom stereocenters. The second-order valence-electron chi connectivity index (χ2n) is 8.13. The highest BCUT2D eigenvalue weighted by molar-refractivity contribution is 5.89. The Labute approximate surface area is 211 Å². The van der Waals surface area contributed by atoms with E-state index in [2.05, 4.69) is 10.1 Å². The summed E-state index contributed by atoms with van der Waals surface area (Å²) >= 11 is 0. The van der Waals surface area contributed by atoms with Gasteiger partial charge in [-0.05, 0) is 59.7 Å². The molecule has 0 atom stereocenters. The molecule has 0 spiro atoms. The molecule has 0 saturated carbocycles. The molecular formula is C27H24F3N3O4. The Morgan fingerprint density at radius 1 is 0.838 bits per heavy atom. The van der Waals surface area contributed by atoms with Crippen molar-refractivity contribution in [3.63, 3.8) is 0 Å². The van der Waals surface area contributed by atoms with Crippen molar-refractivity contribution in [1.29, 1.82) is 0 Å². The summed E-state index contributed by atoms with van der Waals surface area (Å²) < 4.78 is 56.2. The summed E-state index contributed by atoms with van der Waals surface area (Å²) in [7, 11) is 4.40. The molecule has 4 rings (SSSR count). The lowest BCUT2D eigenvalue weighted by atomic mass is 10.1. The molecule has 1 aromatic heterocycles. The van der Waals surface area contributed by atoms with Crippen LogP contribution in [0.15, 0.2) is 66.7 Å². The van der Waals surface area contributed by atoms with E-state index in [1.807, 2.05) is 12.1 Å². The SMILES string of the molecule is COC(=O)c1ccc(Cc2nc(Cc3ccc(OC)c(OC)c3)nn2-c2ccc(C(F)(F)F)cc2)cc1. The van der Waals surface area contributed by atoms with E-state index in [0.29, 0.717) is 47.2 Å². The molecule has 0 aliphatic carbocycles. The van der Waals surface area contributed by atoms with Crippen molar-refractivity contribution in [3.8, 4) is 17.2 Å². The molecule has 0 aliphatic rings. The van der Waals surface area contributed by atoms with Gasteiger partial charge < -0.3 is 14.2 Å². The van der Waals surface area contributed by atoms with E-state index in [1.54, 1.807) is 44.6 Å². The zero-order valence-corrected chi connectivity index (χ0v) is 20.4. The summed E-state index contributed by atoms with van der Waals surface area (Å²) in [5.74, 6) is 1.71. The molecular weight excluding hydrogens is 487 g/mol. The third-order valence-corrected chi connectivity index (χ3v) is 5.70. The minimum Gasteiger partial charge on any atom is -0.493 e. The fourth-order valence-corrected chi connectivity index (χ4v) is 3.81. The van der Waals surface area contributed by atoms with Crippen LogP contribution in [0.4, 0.5) is 13.2 Å². The van der Waals surface area contributed by atoms with Crippen molar-refractivity contribution in [1.82, 2.24) is 14.8 Å². The fraction of sp³-hybridized carbons (Fsp3) is 0.222. The lowest BCUT2D eigenvalue weighted by Gasteiger charge is -2.09. The highest BCUT2D eigenvalue weighted by atomic mass is 19.4. The normalized spacial score (nSPS) is 11.3. The quantitative estimate of drug-likeness (QED) is 0.300. The van der Waals surface area contributed by atoms with Crippen molar-refractivity contribution < 1.29 is 32.2 Å². The third kappa shape index (κ3) is 5.91. The lowest BCUT2D eigenvalue weighted by Crippen LogP contribution is -2.07. The first-order chi connectivity index (χ1) is 17.7. The maximum atomic E-state index is 13.1. The number of ether oxygens (including phenoxy) is 3. The Morgan fingerprint density at radius 3 is 2.08 bits per heavy atom. The van der Waals surface area contributed by atoms with Crippen LogP contribution in [0.2, 0.25) is 0 Å². The first kappa shape index (κ1) is 25.7. The summed E-state index contributed by atoms with van der Waals surface area (Å²) in [6.07, 6.45) is -3.74. The molecule has 0 aliphatic heterocycles. The van der Waals surface area contributed by atoms with Crippen LogP contribution in [0, 0.1) is 0 Å². The van der Waals surface area contributed by atoms with Gasteiger partial charge in [0.15, 0.2) is 17.3 Å². The van der Waals surface area contributed by atoms with Gasteiger partial charge in [-0.25, -0.2) is 14.5 Å². The smallest absolute Gasteiger partial charge is 0.416 e. The third-order valence-electron chi connectivity index (χ3n) is 5.70.